The number of piperidine rings is 1. The minimum atomic E-state index is -4.83. The Balaban J connectivity index is 1.50. The number of aromatic nitrogens is 2. The molecule has 11 heteroatoms. The van der Waals surface area contributed by atoms with Crippen molar-refractivity contribution in [2.75, 3.05) is 25.0 Å². The maximum atomic E-state index is 15.0. The molecule has 0 saturated carbocycles. The molecule has 0 radical (unpaired) electrons. The fourth-order valence-corrected chi connectivity index (χ4v) is 4.43. The number of carbonyl (C=O) groups excluding carboxylic acids is 1. The first-order chi connectivity index (χ1) is 17.6. The molecule has 1 aromatic carbocycles. The summed E-state index contributed by atoms with van der Waals surface area (Å²) in [6, 6.07) is 10.3. The Kier molecular flexibility index (Phi) is 8.46. The van der Waals surface area contributed by atoms with Crippen molar-refractivity contribution in [3.8, 4) is 0 Å². The van der Waals surface area contributed by atoms with E-state index in [0.717, 1.165) is 5.56 Å². The van der Waals surface area contributed by atoms with Gasteiger partial charge in [-0.15, -0.1) is 0 Å². The Bertz CT molecular complexity index is 1290. The zero-order chi connectivity index (χ0) is 26.6. The first-order valence-corrected chi connectivity index (χ1v) is 12.2. The molecule has 1 fully saturated rings. The number of amides is 1. The quantitative estimate of drug-likeness (QED) is 0.262. The van der Waals surface area contributed by atoms with Gasteiger partial charge in [0.2, 0.25) is 0 Å². The molecule has 0 unspecified atom stereocenters. The summed E-state index contributed by atoms with van der Waals surface area (Å²) < 4.78 is 55.2. The number of rotatable bonds is 6. The SMILES string of the molecule is O=C(Nc1c(F)cc(C(F)(F)F)nc1C1CCN(C/C=C/c2ccc(Cl)cc2)CC1)c1ccnc(Cl)c1. The largest absolute Gasteiger partial charge is 0.433 e. The van der Waals surface area contributed by atoms with E-state index in [0.29, 0.717) is 43.6 Å². The molecular formula is C26H22Cl2F4N4O. The van der Waals surface area contributed by atoms with Crippen LogP contribution >= 0.6 is 23.2 Å². The van der Waals surface area contributed by atoms with Crippen molar-refractivity contribution in [3.63, 3.8) is 0 Å². The van der Waals surface area contributed by atoms with Crippen LogP contribution < -0.4 is 5.32 Å². The van der Waals surface area contributed by atoms with E-state index >= 15 is 0 Å². The van der Waals surface area contributed by atoms with Gasteiger partial charge in [0.25, 0.3) is 5.91 Å². The first kappa shape index (κ1) is 27.0. The molecule has 5 nitrogen and oxygen atoms in total. The third-order valence-electron chi connectivity index (χ3n) is 6.04. The molecule has 3 heterocycles. The zero-order valence-corrected chi connectivity index (χ0v) is 20.9. The Labute approximate surface area is 221 Å². The van der Waals surface area contributed by atoms with Gasteiger partial charge in [-0.05, 0) is 55.8 Å². The first-order valence-electron chi connectivity index (χ1n) is 11.4. The molecule has 0 bridgehead atoms. The molecule has 1 aliphatic heterocycles. The van der Waals surface area contributed by atoms with Crippen molar-refractivity contribution in [1.82, 2.24) is 14.9 Å². The van der Waals surface area contributed by atoms with Crippen molar-refractivity contribution in [1.29, 1.82) is 0 Å². The number of benzene rings is 1. The summed E-state index contributed by atoms with van der Waals surface area (Å²) in [5.74, 6) is -2.39. The second-order valence-electron chi connectivity index (χ2n) is 8.60. The van der Waals surface area contributed by atoms with Crippen LogP contribution in [0, 0.1) is 5.82 Å². The Morgan fingerprint density at radius 1 is 1.11 bits per heavy atom. The van der Waals surface area contributed by atoms with Crippen LogP contribution in [0.5, 0.6) is 0 Å². The van der Waals surface area contributed by atoms with Crippen LogP contribution in [0.1, 0.15) is 46.1 Å². The lowest BCUT2D eigenvalue weighted by atomic mass is 9.91. The van der Waals surface area contributed by atoms with E-state index in [1.54, 1.807) is 12.1 Å². The van der Waals surface area contributed by atoms with Crippen LogP contribution in [-0.2, 0) is 6.18 Å². The van der Waals surface area contributed by atoms with E-state index < -0.39 is 29.5 Å². The van der Waals surface area contributed by atoms with Gasteiger partial charge in [0.15, 0.2) is 5.82 Å². The standard InChI is InChI=1S/C26H22Cl2F4N4O/c27-19-5-3-16(4-6-19)2-1-11-36-12-8-17(9-13-36)23-24(20(29)15-21(34-23)26(30,31)32)35-25(37)18-7-10-33-22(28)14-18/h1-7,10,14-15,17H,8-9,11-13H2,(H,35,37)/b2-1+. The van der Waals surface area contributed by atoms with E-state index in [2.05, 4.69) is 20.2 Å². The van der Waals surface area contributed by atoms with Crippen LogP contribution in [0.3, 0.4) is 0 Å². The summed E-state index contributed by atoms with van der Waals surface area (Å²) >= 11 is 11.7. The molecular weight excluding hydrogens is 531 g/mol. The van der Waals surface area contributed by atoms with Crippen LogP contribution in [-0.4, -0.2) is 40.4 Å². The average Bonchev–Trinajstić information content (AvgIpc) is 2.86. The maximum absolute atomic E-state index is 15.0. The topological polar surface area (TPSA) is 58.1 Å². The minimum absolute atomic E-state index is 0.0522. The second-order valence-corrected chi connectivity index (χ2v) is 9.42. The number of alkyl halides is 3. The summed E-state index contributed by atoms with van der Waals surface area (Å²) in [6.07, 6.45) is 1.34. The fourth-order valence-electron chi connectivity index (χ4n) is 4.13. The van der Waals surface area contributed by atoms with Crippen LogP contribution in [0.15, 0.2) is 54.7 Å². The predicted octanol–water partition coefficient (Wildman–Crippen LogP) is 7.09. The number of nitrogens with one attached hydrogen (secondary N) is 1. The summed E-state index contributed by atoms with van der Waals surface area (Å²) in [7, 11) is 0. The lowest BCUT2D eigenvalue weighted by Gasteiger charge is -2.32. The van der Waals surface area contributed by atoms with Crippen molar-refractivity contribution >= 4 is 40.9 Å². The molecule has 1 N–H and O–H groups in total. The number of carbonyl (C=O) groups is 1. The van der Waals surface area contributed by atoms with E-state index in [-0.39, 0.29) is 22.1 Å². The number of anilines is 1. The number of pyridine rings is 2. The monoisotopic (exact) mass is 552 g/mol. The highest BCUT2D eigenvalue weighted by Gasteiger charge is 2.36. The van der Waals surface area contributed by atoms with Crippen LogP contribution in [0.25, 0.3) is 6.08 Å². The fraction of sp³-hybridized carbons (Fsp3) is 0.269. The number of hydrogen-bond acceptors (Lipinski definition) is 4. The van der Waals surface area contributed by atoms with Gasteiger partial charge in [0.05, 0.1) is 11.4 Å². The van der Waals surface area contributed by atoms with Crippen LogP contribution in [0.4, 0.5) is 23.2 Å². The summed E-state index contributed by atoms with van der Waals surface area (Å²) in [5.41, 5.74) is -0.714. The van der Waals surface area contributed by atoms with Gasteiger partial charge in [-0.3, -0.25) is 9.69 Å². The summed E-state index contributed by atoms with van der Waals surface area (Å²) in [4.78, 5) is 22.4. The molecule has 0 atom stereocenters. The smallest absolute Gasteiger partial charge is 0.318 e. The van der Waals surface area contributed by atoms with Gasteiger partial charge in [-0.1, -0.05) is 47.5 Å². The Morgan fingerprint density at radius 2 is 1.81 bits per heavy atom. The Hall–Kier alpha value is -3.01. The molecule has 0 aliphatic carbocycles. The average molecular weight is 553 g/mol. The molecule has 37 heavy (non-hydrogen) atoms. The van der Waals surface area contributed by atoms with Crippen molar-refractivity contribution < 1.29 is 22.4 Å². The van der Waals surface area contributed by atoms with Gasteiger partial charge in [0, 0.05) is 35.3 Å². The lowest BCUT2D eigenvalue weighted by Crippen LogP contribution is -2.34. The number of halogens is 6. The minimum Gasteiger partial charge on any atom is -0.318 e. The van der Waals surface area contributed by atoms with E-state index in [1.165, 1.54) is 18.3 Å². The molecule has 1 amide bonds. The van der Waals surface area contributed by atoms with Gasteiger partial charge in [-0.25, -0.2) is 14.4 Å². The van der Waals surface area contributed by atoms with E-state index in [9.17, 15) is 22.4 Å². The number of hydrogen-bond donors (Lipinski definition) is 1. The molecule has 1 aliphatic rings. The van der Waals surface area contributed by atoms with Crippen molar-refractivity contribution in [2.45, 2.75) is 24.9 Å². The predicted molar refractivity (Wildman–Crippen MR) is 135 cm³/mol. The molecule has 4 rings (SSSR count). The van der Waals surface area contributed by atoms with Gasteiger partial charge < -0.3 is 5.32 Å². The molecule has 3 aromatic rings. The second kappa shape index (κ2) is 11.6. The molecule has 1 saturated heterocycles. The highest BCUT2D eigenvalue weighted by molar-refractivity contribution is 6.30. The molecule has 2 aromatic heterocycles. The van der Waals surface area contributed by atoms with E-state index in [4.69, 9.17) is 23.2 Å². The third-order valence-corrected chi connectivity index (χ3v) is 6.49. The normalized spacial score (nSPS) is 15.3. The van der Waals surface area contributed by atoms with Crippen molar-refractivity contribution in [2.24, 2.45) is 0 Å². The van der Waals surface area contributed by atoms with E-state index in [1.807, 2.05) is 24.3 Å². The Morgan fingerprint density at radius 3 is 2.46 bits per heavy atom. The van der Waals surface area contributed by atoms with Gasteiger partial charge >= 0.3 is 6.18 Å². The molecule has 0 spiro atoms. The van der Waals surface area contributed by atoms with Gasteiger partial charge in [-0.2, -0.15) is 13.2 Å². The number of likely N-dealkylation sites (tertiary alicyclic amines) is 1. The third kappa shape index (κ3) is 7.06. The summed E-state index contributed by atoms with van der Waals surface area (Å²) in [6.45, 7) is 1.79. The zero-order valence-electron chi connectivity index (χ0n) is 19.4. The maximum Gasteiger partial charge on any atom is 0.433 e. The number of nitrogens with zero attached hydrogens (tertiary/aromatic N) is 3. The highest BCUT2D eigenvalue weighted by Crippen LogP contribution is 2.37. The molecule has 194 valence electrons. The lowest BCUT2D eigenvalue weighted by molar-refractivity contribution is -0.141. The van der Waals surface area contributed by atoms with Crippen LogP contribution in [0.2, 0.25) is 10.2 Å². The summed E-state index contributed by atoms with van der Waals surface area (Å²) in [5, 5.41) is 3.11. The van der Waals surface area contributed by atoms with Crippen molar-refractivity contribution in [3.05, 3.63) is 93.2 Å². The highest BCUT2D eigenvalue weighted by atomic mass is 35.5. The van der Waals surface area contributed by atoms with Gasteiger partial charge in [0.1, 0.15) is 10.8 Å².